The molecular formula is C14H21F3N2. The predicted molar refractivity (Wildman–Crippen MR) is 68.9 cm³/mol. The fourth-order valence-corrected chi connectivity index (χ4v) is 2.32. The second kappa shape index (κ2) is 5.99. The van der Waals surface area contributed by atoms with E-state index < -0.39 is 12.6 Å². The summed E-state index contributed by atoms with van der Waals surface area (Å²) >= 11 is 0. The first-order valence-corrected chi connectivity index (χ1v) is 6.95. The molecule has 1 aromatic heterocycles. The number of halogens is 3. The van der Waals surface area contributed by atoms with Gasteiger partial charge in [-0.3, -0.25) is 0 Å². The van der Waals surface area contributed by atoms with Gasteiger partial charge in [0.25, 0.3) is 0 Å². The van der Waals surface area contributed by atoms with Crippen LogP contribution in [0.2, 0.25) is 0 Å². The van der Waals surface area contributed by atoms with Crippen LogP contribution in [0.15, 0.2) is 18.5 Å². The molecule has 2 rings (SSSR count). The van der Waals surface area contributed by atoms with E-state index in [1.54, 1.807) is 10.8 Å². The summed E-state index contributed by atoms with van der Waals surface area (Å²) in [5, 5.41) is 3.50. The SMILES string of the molecule is CCCNC(c1ccn(CCC(F)(F)F)c1)C1CC1. The van der Waals surface area contributed by atoms with Gasteiger partial charge in [-0.1, -0.05) is 6.92 Å². The molecule has 108 valence electrons. The van der Waals surface area contributed by atoms with Crippen molar-refractivity contribution >= 4 is 0 Å². The molecule has 0 spiro atoms. The van der Waals surface area contributed by atoms with Crippen molar-refractivity contribution in [2.75, 3.05) is 6.54 Å². The summed E-state index contributed by atoms with van der Waals surface area (Å²) in [5.74, 6) is 0.657. The standard InChI is InChI=1S/C14H21F3N2/c1-2-7-18-13(11-3-4-11)12-5-8-19(10-12)9-6-14(15,16)17/h5,8,10-11,13,18H,2-4,6-7,9H2,1H3. The number of rotatable bonds is 7. The van der Waals surface area contributed by atoms with Crippen LogP contribution in [0, 0.1) is 5.92 Å². The van der Waals surface area contributed by atoms with Gasteiger partial charge in [-0.15, -0.1) is 0 Å². The molecule has 0 aromatic carbocycles. The van der Waals surface area contributed by atoms with E-state index in [0.717, 1.165) is 18.5 Å². The van der Waals surface area contributed by atoms with E-state index in [9.17, 15) is 13.2 Å². The molecule has 1 atom stereocenters. The molecule has 1 aliphatic carbocycles. The van der Waals surface area contributed by atoms with Gasteiger partial charge in [0.05, 0.1) is 6.42 Å². The molecule has 1 aliphatic rings. The Hall–Kier alpha value is -0.970. The van der Waals surface area contributed by atoms with E-state index in [2.05, 4.69) is 12.2 Å². The summed E-state index contributed by atoms with van der Waals surface area (Å²) in [6.07, 6.45) is 2.27. The molecule has 0 aliphatic heterocycles. The highest BCUT2D eigenvalue weighted by Crippen LogP contribution is 2.41. The highest BCUT2D eigenvalue weighted by Gasteiger charge is 2.32. The van der Waals surface area contributed by atoms with Gasteiger partial charge in [-0.05, 0) is 43.4 Å². The third kappa shape index (κ3) is 4.56. The maximum atomic E-state index is 12.2. The lowest BCUT2D eigenvalue weighted by molar-refractivity contribution is -0.136. The third-order valence-electron chi connectivity index (χ3n) is 3.49. The van der Waals surface area contributed by atoms with Crippen LogP contribution in [0.3, 0.4) is 0 Å². The van der Waals surface area contributed by atoms with Crippen LogP contribution in [-0.2, 0) is 6.54 Å². The number of nitrogens with zero attached hydrogens (tertiary/aromatic N) is 1. The minimum Gasteiger partial charge on any atom is -0.354 e. The highest BCUT2D eigenvalue weighted by molar-refractivity contribution is 5.18. The minimum absolute atomic E-state index is 0.00860. The van der Waals surface area contributed by atoms with E-state index in [-0.39, 0.29) is 6.54 Å². The van der Waals surface area contributed by atoms with Gasteiger partial charge >= 0.3 is 6.18 Å². The summed E-state index contributed by atoms with van der Waals surface area (Å²) in [6, 6.07) is 2.26. The molecule has 5 heteroatoms. The van der Waals surface area contributed by atoms with Crippen molar-refractivity contribution in [1.29, 1.82) is 0 Å². The molecule has 1 N–H and O–H groups in total. The largest absolute Gasteiger partial charge is 0.390 e. The van der Waals surface area contributed by atoms with Crippen LogP contribution in [0.25, 0.3) is 0 Å². The molecule has 0 bridgehead atoms. The molecule has 0 amide bonds. The van der Waals surface area contributed by atoms with Crippen LogP contribution >= 0.6 is 0 Å². The minimum atomic E-state index is -4.08. The lowest BCUT2D eigenvalue weighted by Gasteiger charge is -2.16. The quantitative estimate of drug-likeness (QED) is 0.798. The van der Waals surface area contributed by atoms with Gasteiger partial charge in [0.1, 0.15) is 0 Å². The first-order chi connectivity index (χ1) is 8.99. The van der Waals surface area contributed by atoms with Crippen LogP contribution in [-0.4, -0.2) is 17.3 Å². The molecule has 1 saturated carbocycles. The predicted octanol–water partition coefficient (Wildman–Crippen LogP) is 3.89. The molecule has 1 aromatic rings. The number of nitrogens with one attached hydrogen (secondary N) is 1. The zero-order valence-corrected chi connectivity index (χ0v) is 11.2. The highest BCUT2D eigenvalue weighted by atomic mass is 19.4. The van der Waals surface area contributed by atoms with Gasteiger partial charge in [0.15, 0.2) is 0 Å². The van der Waals surface area contributed by atoms with Gasteiger partial charge in [0.2, 0.25) is 0 Å². The molecule has 0 radical (unpaired) electrons. The van der Waals surface area contributed by atoms with Gasteiger partial charge < -0.3 is 9.88 Å². The summed E-state index contributed by atoms with van der Waals surface area (Å²) in [5.41, 5.74) is 1.12. The fraction of sp³-hybridized carbons (Fsp3) is 0.714. The average molecular weight is 274 g/mol. The van der Waals surface area contributed by atoms with E-state index in [1.807, 2.05) is 12.3 Å². The number of aryl methyl sites for hydroxylation is 1. The van der Waals surface area contributed by atoms with Crippen molar-refractivity contribution in [3.8, 4) is 0 Å². The maximum Gasteiger partial charge on any atom is 0.390 e. The zero-order chi connectivity index (χ0) is 13.9. The Morgan fingerprint density at radius 3 is 2.74 bits per heavy atom. The van der Waals surface area contributed by atoms with E-state index in [1.165, 1.54) is 12.8 Å². The molecule has 1 fully saturated rings. The monoisotopic (exact) mass is 274 g/mol. The third-order valence-corrected chi connectivity index (χ3v) is 3.49. The normalized spacial score (nSPS) is 17.7. The molecular weight excluding hydrogens is 253 g/mol. The Bertz CT molecular complexity index is 394. The first-order valence-electron chi connectivity index (χ1n) is 6.95. The average Bonchev–Trinajstić information content (AvgIpc) is 3.05. The van der Waals surface area contributed by atoms with Crippen molar-refractivity contribution in [1.82, 2.24) is 9.88 Å². The zero-order valence-electron chi connectivity index (χ0n) is 11.2. The van der Waals surface area contributed by atoms with Crippen molar-refractivity contribution in [3.05, 3.63) is 24.0 Å². The summed E-state index contributed by atoms with van der Waals surface area (Å²) in [4.78, 5) is 0. The Labute approximate surface area is 112 Å². The Balaban J connectivity index is 1.94. The van der Waals surface area contributed by atoms with Crippen molar-refractivity contribution in [3.63, 3.8) is 0 Å². The number of hydrogen-bond acceptors (Lipinski definition) is 1. The van der Waals surface area contributed by atoms with E-state index >= 15 is 0 Å². The molecule has 0 saturated heterocycles. The van der Waals surface area contributed by atoms with Gasteiger partial charge in [-0.25, -0.2) is 0 Å². The Morgan fingerprint density at radius 1 is 1.42 bits per heavy atom. The van der Waals surface area contributed by atoms with Crippen LogP contribution < -0.4 is 5.32 Å². The topological polar surface area (TPSA) is 17.0 Å². The number of hydrogen-bond donors (Lipinski definition) is 1. The van der Waals surface area contributed by atoms with Gasteiger partial charge in [0, 0.05) is 25.0 Å². The van der Waals surface area contributed by atoms with E-state index in [0.29, 0.717) is 12.0 Å². The van der Waals surface area contributed by atoms with Crippen molar-refractivity contribution < 1.29 is 13.2 Å². The summed E-state index contributed by atoms with van der Waals surface area (Å²) in [6.45, 7) is 3.08. The lowest BCUT2D eigenvalue weighted by Crippen LogP contribution is -2.23. The number of aromatic nitrogens is 1. The van der Waals surface area contributed by atoms with Crippen LogP contribution in [0.1, 0.15) is 44.2 Å². The molecule has 1 heterocycles. The summed E-state index contributed by atoms with van der Waals surface area (Å²) in [7, 11) is 0. The Kier molecular flexibility index (Phi) is 4.55. The number of alkyl halides is 3. The fourth-order valence-electron chi connectivity index (χ4n) is 2.32. The Morgan fingerprint density at radius 2 is 2.16 bits per heavy atom. The van der Waals surface area contributed by atoms with Crippen LogP contribution in [0.4, 0.5) is 13.2 Å². The molecule has 19 heavy (non-hydrogen) atoms. The first kappa shape index (κ1) is 14.4. The molecule has 1 unspecified atom stereocenters. The smallest absolute Gasteiger partial charge is 0.354 e. The van der Waals surface area contributed by atoms with Crippen molar-refractivity contribution in [2.24, 2.45) is 5.92 Å². The van der Waals surface area contributed by atoms with Gasteiger partial charge in [-0.2, -0.15) is 13.2 Å². The van der Waals surface area contributed by atoms with Crippen LogP contribution in [0.5, 0.6) is 0 Å². The van der Waals surface area contributed by atoms with Crippen molar-refractivity contribution in [2.45, 2.75) is 51.4 Å². The van der Waals surface area contributed by atoms with E-state index in [4.69, 9.17) is 0 Å². The molecule has 2 nitrogen and oxygen atoms in total. The maximum absolute atomic E-state index is 12.2. The lowest BCUT2D eigenvalue weighted by atomic mass is 10.1. The summed E-state index contributed by atoms with van der Waals surface area (Å²) < 4.78 is 38.2. The second-order valence-electron chi connectivity index (χ2n) is 5.32. The second-order valence-corrected chi connectivity index (χ2v) is 5.32.